The van der Waals surface area contributed by atoms with Gasteiger partial charge >= 0.3 is 0 Å². The summed E-state index contributed by atoms with van der Waals surface area (Å²) in [5, 5.41) is 0. The molecule has 0 rings (SSSR count). The summed E-state index contributed by atoms with van der Waals surface area (Å²) in [6.07, 6.45) is -0.295. The molecule has 0 aliphatic rings. The first-order valence-electron chi connectivity index (χ1n) is 3.05. The van der Waals surface area contributed by atoms with E-state index in [0.29, 0.717) is 19.8 Å². The van der Waals surface area contributed by atoms with E-state index in [1.165, 1.54) is 0 Å². The molecule has 0 amide bonds. The van der Waals surface area contributed by atoms with Gasteiger partial charge in [0.1, 0.15) is 6.23 Å². The van der Waals surface area contributed by atoms with Crippen molar-refractivity contribution in [2.75, 3.05) is 19.8 Å². The molecule has 1 unspecified atom stereocenters. The van der Waals surface area contributed by atoms with Gasteiger partial charge in [-0.15, -0.1) is 0 Å². The average Bonchev–Trinajstić information content (AvgIpc) is 1.85. The van der Waals surface area contributed by atoms with Gasteiger partial charge in [0, 0.05) is 13.2 Å². The van der Waals surface area contributed by atoms with Crippen molar-refractivity contribution in [3.8, 4) is 0 Å². The summed E-state index contributed by atoms with van der Waals surface area (Å²) >= 11 is 0. The van der Waals surface area contributed by atoms with E-state index in [2.05, 4.69) is 6.92 Å². The molecule has 0 aliphatic heterocycles. The van der Waals surface area contributed by atoms with Crippen molar-refractivity contribution in [3.63, 3.8) is 0 Å². The third-order valence-corrected chi connectivity index (χ3v) is 0.807. The molecule has 0 aromatic carbocycles. The fourth-order valence-corrected chi connectivity index (χ4v) is 0.462. The third kappa shape index (κ3) is 5.76. The van der Waals surface area contributed by atoms with Crippen LogP contribution in [0.2, 0.25) is 0 Å². The van der Waals surface area contributed by atoms with Crippen LogP contribution in [0.1, 0.15) is 6.92 Å². The van der Waals surface area contributed by atoms with Crippen molar-refractivity contribution in [1.82, 2.24) is 0 Å². The highest BCUT2D eigenvalue weighted by Crippen LogP contribution is 1.83. The molecule has 0 aliphatic carbocycles. The first-order valence-corrected chi connectivity index (χ1v) is 3.05. The topological polar surface area (TPSA) is 44.5 Å². The first kappa shape index (κ1) is 8.88. The SMILES string of the molecule is [CH2]COCC(N)OCC. The Morgan fingerprint density at radius 1 is 1.67 bits per heavy atom. The van der Waals surface area contributed by atoms with E-state index < -0.39 is 0 Å². The summed E-state index contributed by atoms with van der Waals surface area (Å²) in [7, 11) is 0. The number of hydrogen-bond acceptors (Lipinski definition) is 3. The van der Waals surface area contributed by atoms with Crippen LogP contribution in [0.4, 0.5) is 0 Å². The highest BCUT2D eigenvalue weighted by Gasteiger charge is 1.97. The Morgan fingerprint density at radius 3 is 2.78 bits per heavy atom. The lowest BCUT2D eigenvalue weighted by molar-refractivity contribution is -0.00102. The molecule has 0 aromatic rings. The van der Waals surface area contributed by atoms with Gasteiger partial charge in [0.15, 0.2) is 0 Å². The molecule has 2 N–H and O–H groups in total. The molecule has 55 valence electrons. The van der Waals surface area contributed by atoms with Crippen LogP contribution in [0.3, 0.4) is 0 Å². The summed E-state index contributed by atoms with van der Waals surface area (Å²) < 4.78 is 9.86. The Hall–Kier alpha value is -0.120. The van der Waals surface area contributed by atoms with Gasteiger partial charge in [-0.05, 0) is 13.8 Å². The summed E-state index contributed by atoms with van der Waals surface area (Å²) in [5.41, 5.74) is 5.40. The van der Waals surface area contributed by atoms with Gasteiger partial charge in [0.2, 0.25) is 0 Å². The molecule has 1 radical (unpaired) electrons. The van der Waals surface area contributed by atoms with Crippen LogP contribution in [0.25, 0.3) is 0 Å². The Kier molecular flexibility index (Phi) is 5.93. The van der Waals surface area contributed by atoms with Crippen LogP contribution < -0.4 is 5.73 Å². The van der Waals surface area contributed by atoms with Crippen molar-refractivity contribution in [3.05, 3.63) is 6.92 Å². The number of rotatable bonds is 5. The Bertz CT molecular complexity index is 59.0. The summed E-state index contributed by atoms with van der Waals surface area (Å²) in [5.74, 6) is 0. The molecule has 9 heavy (non-hydrogen) atoms. The van der Waals surface area contributed by atoms with Crippen molar-refractivity contribution < 1.29 is 9.47 Å². The Labute approximate surface area is 56.1 Å². The van der Waals surface area contributed by atoms with Crippen molar-refractivity contribution >= 4 is 0 Å². The lowest BCUT2D eigenvalue weighted by Crippen LogP contribution is -2.29. The van der Waals surface area contributed by atoms with Gasteiger partial charge < -0.3 is 15.2 Å². The van der Waals surface area contributed by atoms with Crippen LogP contribution >= 0.6 is 0 Å². The zero-order valence-electron chi connectivity index (χ0n) is 5.80. The van der Waals surface area contributed by atoms with Crippen LogP contribution in [0.5, 0.6) is 0 Å². The zero-order valence-corrected chi connectivity index (χ0v) is 5.80. The van der Waals surface area contributed by atoms with E-state index in [1.54, 1.807) is 0 Å². The summed E-state index contributed by atoms with van der Waals surface area (Å²) in [6.45, 7) is 6.88. The number of nitrogens with two attached hydrogens (primary N) is 1. The molecule has 1 atom stereocenters. The molecule has 0 saturated heterocycles. The minimum atomic E-state index is -0.295. The number of hydrogen-bond donors (Lipinski definition) is 1. The standard InChI is InChI=1S/C6H14NO2/c1-3-8-5-6(7)9-4-2/h6H,1,3-5,7H2,2H3. The van der Waals surface area contributed by atoms with E-state index in [-0.39, 0.29) is 6.23 Å². The fraction of sp³-hybridized carbons (Fsp3) is 0.833. The van der Waals surface area contributed by atoms with Crippen molar-refractivity contribution in [2.24, 2.45) is 5.73 Å². The molecule has 3 heteroatoms. The van der Waals surface area contributed by atoms with Crippen LogP contribution in [-0.4, -0.2) is 26.0 Å². The molecule has 3 nitrogen and oxygen atoms in total. The second kappa shape index (κ2) is 6.01. The van der Waals surface area contributed by atoms with E-state index in [0.717, 1.165) is 0 Å². The molecular weight excluding hydrogens is 118 g/mol. The van der Waals surface area contributed by atoms with Crippen molar-refractivity contribution in [1.29, 1.82) is 0 Å². The van der Waals surface area contributed by atoms with E-state index in [9.17, 15) is 0 Å². The molecule has 0 heterocycles. The third-order valence-electron chi connectivity index (χ3n) is 0.807. The maximum absolute atomic E-state index is 5.40. The lowest BCUT2D eigenvalue weighted by Gasteiger charge is -2.09. The molecule has 0 spiro atoms. The molecule has 0 saturated carbocycles. The normalized spacial score (nSPS) is 13.7. The van der Waals surface area contributed by atoms with E-state index in [4.69, 9.17) is 15.2 Å². The molecule has 0 bridgehead atoms. The number of ether oxygens (including phenoxy) is 2. The predicted molar refractivity (Wildman–Crippen MR) is 35.8 cm³/mol. The minimum absolute atomic E-state index is 0.295. The van der Waals surface area contributed by atoms with Gasteiger partial charge in [-0.1, -0.05) is 0 Å². The van der Waals surface area contributed by atoms with Gasteiger partial charge in [-0.2, -0.15) is 0 Å². The summed E-state index contributed by atoms with van der Waals surface area (Å²) in [4.78, 5) is 0. The lowest BCUT2D eigenvalue weighted by atomic mass is 10.6. The second-order valence-corrected chi connectivity index (χ2v) is 1.57. The fourth-order valence-electron chi connectivity index (χ4n) is 0.462. The van der Waals surface area contributed by atoms with Gasteiger partial charge in [0.05, 0.1) is 6.61 Å². The molecule has 0 aromatic heterocycles. The van der Waals surface area contributed by atoms with Gasteiger partial charge in [0.25, 0.3) is 0 Å². The van der Waals surface area contributed by atoms with Crippen molar-refractivity contribution in [2.45, 2.75) is 13.2 Å². The highest BCUT2D eigenvalue weighted by molar-refractivity contribution is 4.43. The van der Waals surface area contributed by atoms with Crippen LogP contribution in [-0.2, 0) is 9.47 Å². The largest absolute Gasteiger partial charge is 0.377 e. The smallest absolute Gasteiger partial charge is 0.129 e. The first-order chi connectivity index (χ1) is 4.31. The van der Waals surface area contributed by atoms with E-state index in [1.807, 2.05) is 6.92 Å². The quantitative estimate of drug-likeness (QED) is 0.542. The summed E-state index contributed by atoms with van der Waals surface area (Å²) in [6, 6.07) is 0. The molecular formula is C6H14NO2. The van der Waals surface area contributed by atoms with Crippen LogP contribution in [0, 0.1) is 6.92 Å². The highest BCUT2D eigenvalue weighted by atomic mass is 16.5. The predicted octanol–water partition coefficient (Wildman–Crippen LogP) is 0.158. The maximum Gasteiger partial charge on any atom is 0.129 e. The van der Waals surface area contributed by atoms with E-state index >= 15 is 0 Å². The minimum Gasteiger partial charge on any atom is -0.377 e. The maximum atomic E-state index is 5.40. The monoisotopic (exact) mass is 132 g/mol. The molecule has 0 fully saturated rings. The van der Waals surface area contributed by atoms with Crippen LogP contribution in [0.15, 0.2) is 0 Å². The Balaban J connectivity index is 2.95. The second-order valence-electron chi connectivity index (χ2n) is 1.57. The zero-order chi connectivity index (χ0) is 7.11. The average molecular weight is 132 g/mol. The van der Waals surface area contributed by atoms with Gasteiger partial charge in [-0.25, -0.2) is 0 Å². The Morgan fingerprint density at radius 2 is 2.33 bits per heavy atom. The van der Waals surface area contributed by atoms with Gasteiger partial charge in [-0.3, -0.25) is 0 Å².